The normalized spacial score (nSPS) is 10.0. The van der Waals surface area contributed by atoms with Crippen LogP contribution in [0.1, 0.15) is 17.3 Å². The number of ether oxygens (including phenoxy) is 2. The van der Waals surface area contributed by atoms with E-state index in [2.05, 4.69) is 15.0 Å². The van der Waals surface area contributed by atoms with Gasteiger partial charge in [-0.2, -0.15) is 0 Å². The predicted octanol–water partition coefficient (Wildman–Crippen LogP) is 2.59. The maximum atomic E-state index is 11.6. The van der Waals surface area contributed by atoms with Gasteiger partial charge in [-0.05, 0) is 25.1 Å². The summed E-state index contributed by atoms with van der Waals surface area (Å²) < 4.78 is 10.1. The molecule has 0 amide bonds. The smallest absolute Gasteiger partial charge is 0.340 e. The molecule has 2 aromatic rings. The van der Waals surface area contributed by atoms with Crippen LogP contribution in [0.2, 0.25) is 0 Å². The summed E-state index contributed by atoms with van der Waals surface area (Å²) in [5, 5.41) is 3.07. The van der Waals surface area contributed by atoms with Gasteiger partial charge in [0.05, 0.1) is 25.0 Å². The van der Waals surface area contributed by atoms with Gasteiger partial charge in [0.25, 0.3) is 0 Å². The summed E-state index contributed by atoms with van der Waals surface area (Å²) in [6, 6.07) is 8.91. The molecule has 0 fully saturated rings. The zero-order chi connectivity index (χ0) is 15.2. The van der Waals surface area contributed by atoms with Crippen molar-refractivity contribution in [2.45, 2.75) is 6.92 Å². The summed E-state index contributed by atoms with van der Waals surface area (Å²) in [6.07, 6.45) is 1.50. The van der Waals surface area contributed by atoms with Crippen molar-refractivity contribution in [3.8, 4) is 5.75 Å². The van der Waals surface area contributed by atoms with E-state index in [1.807, 2.05) is 31.2 Å². The zero-order valence-electron chi connectivity index (χ0n) is 11.9. The Labute approximate surface area is 122 Å². The lowest BCUT2D eigenvalue weighted by Gasteiger charge is -2.12. The number of pyridine rings is 1. The number of nitrogens with one attached hydrogen (secondary N) is 1. The number of carbonyl (C=O) groups is 1. The quantitative estimate of drug-likeness (QED) is 0.822. The Bertz CT molecular complexity index is 644. The molecule has 21 heavy (non-hydrogen) atoms. The minimum atomic E-state index is -0.499. The Hall–Kier alpha value is -2.76. The first-order chi connectivity index (χ1) is 10.2. The molecule has 0 saturated heterocycles. The molecule has 0 saturated carbocycles. The molecule has 3 N–H and O–H groups in total. The molecule has 6 heteroatoms. The maximum Gasteiger partial charge on any atom is 0.340 e. The van der Waals surface area contributed by atoms with Gasteiger partial charge in [0.15, 0.2) is 5.82 Å². The highest BCUT2D eigenvalue weighted by Gasteiger charge is 2.14. The van der Waals surface area contributed by atoms with E-state index in [1.54, 1.807) is 0 Å². The van der Waals surface area contributed by atoms with Gasteiger partial charge in [-0.25, -0.2) is 9.78 Å². The summed E-state index contributed by atoms with van der Waals surface area (Å²) in [7, 11) is 1.31. The van der Waals surface area contributed by atoms with Crippen LogP contribution in [0.5, 0.6) is 5.75 Å². The molecule has 0 unspecified atom stereocenters. The zero-order valence-corrected chi connectivity index (χ0v) is 11.9. The van der Waals surface area contributed by atoms with Crippen molar-refractivity contribution in [1.82, 2.24) is 4.98 Å². The molecule has 2 rings (SSSR count). The van der Waals surface area contributed by atoms with E-state index < -0.39 is 5.97 Å². The van der Waals surface area contributed by atoms with Crippen LogP contribution in [-0.2, 0) is 4.74 Å². The number of carbonyl (C=O) groups excluding carboxylic acids is 1. The first-order valence-corrected chi connectivity index (χ1v) is 6.48. The third-order valence-corrected chi connectivity index (χ3v) is 2.80. The van der Waals surface area contributed by atoms with Crippen LogP contribution < -0.4 is 15.8 Å². The monoisotopic (exact) mass is 287 g/mol. The van der Waals surface area contributed by atoms with Gasteiger partial charge in [-0.1, -0.05) is 6.07 Å². The van der Waals surface area contributed by atoms with Crippen LogP contribution >= 0.6 is 0 Å². The third-order valence-electron chi connectivity index (χ3n) is 2.80. The summed E-state index contributed by atoms with van der Waals surface area (Å²) in [5.41, 5.74) is 7.23. The minimum absolute atomic E-state index is 0.242. The van der Waals surface area contributed by atoms with E-state index in [-0.39, 0.29) is 11.3 Å². The highest BCUT2D eigenvalue weighted by Crippen LogP contribution is 2.26. The Morgan fingerprint density at radius 3 is 2.90 bits per heavy atom. The Kier molecular flexibility index (Phi) is 4.61. The molecular formula is C15H17N3O3. The van der Waals surface area contributed by atoms with Crippen LogP contribution in [0, 0.1) is 0 Å². The highest BCUT2D eigenvalue weighted by molar-refractivity contribution is 5.97. The lowest BCUT2D eigenvalue weighted by molar-refractivity contribution is 0.0602. The highest BCUT2D eigenvalue weighted by atomic mass is 16.5. The Morgan fingerprint density at radius 2 is 2.19 bits per heavy atom. The molecule has 1 aromatic heterocycles. The van der Waals surface area contributed by atoms with Crippen molar-refractivity contribution >= 4 is 23.2 Å². The van der Waals surface area contributed by atoms with Crippen LogP contribution in [0.25, 0.3) is 0 Å². The second-order valence-corrected chi connectivity index (χ2v) is 4.20. The number of nitrogens with two attached hydrogens (primary N) is 1. The predicted molar refractivity (Wildman–Crippen MR) is 80.9 cm³/mol. The fourth-order valence-corrected chi connectivity index (χ4v) is 1.83. The van der Waals surface area contributed by atoms with Gasteiger partial charge in [-0.15, -0.1) is 0 Å². The number of esters is 1. The lowest BCUT2D eigenvalue weighted by atomic mass is 10.2. The van der Waals surface area contributed by atoms with Gasteiger partial charge in [-0.3, -0.25) is 0 Å². The summed E-state index contributed by atoms with van der Waals surface area (Å²) in [6.45, 7) is 2.50. The molecule has 0 aliphatic carbocycles. The molecule has 0 spiro atoms. The van der Waals surface area contributed by atoms with Gasteiger partial charge in [0.1, 0.15) is 5.75 Å². The maximum absolute atomic E-state index is 11.6. The molecule has 0 aliphatic heterocycles. The fraction of sp³-hybridized carbons (Fsp3) is 0.200. The SMILES string of the molecule is CCOc1cccc(Nc2nccc(C(=O)OC)c2N)c1. The molecule has 0 radical (unpaired) electrons. The Morgan fingerprint density at radius 1 is 1.38 bits per heavy atom. The van der Waals surface area contributed by atoms with E-state index in [9.17, 15) is 4.79 Å². The minimum Gasteiger partial charge on any atom is -0.494 e. The van der Waals surface area contributed by atoms with E-state index in [4.69, 9.17) is 10.5 Å². The Balaban J connectivity index is 2.27. The van der Waals surface area contributed by atoms with Crippen molar-refractivity contribution in [2.75, 3.05) is 24.8 Å². The number of anilines is 3. The van der Waals surface area contributed by atoms with Crippen LogP contribution in [0.3, 0.4) is 0 Å². The topological polar surface area (TPSA) is 86.5 Å². The number of benzene rings is 1. The van der Waals surface area contributed by atoms with Gasteiger partial charge in [0.2, 0.25) is 0 Å². The van der Waals surface area contributed by atoms with Crippen molar-refractivity contribution in [3.63, 3.8) is 0 Å². The summed E-state index contributed by atoms with van der Waals surface area (Å²) >= 11 is 0. The van der Waals surface area contributed by atoms with Gasteiger partial charge >= 0.3 is 5.97 Å². The van der Waals surface area contributed by atoms with Crippen LogP contribution in [0.15, 0.2) is 36.5 Å². The number of nitrogens with zero attached hydrogens (tertiary/aromatic N) is 1. The standard InChI is InChI=1S/C15H17N3O3/c1-3-21-11-6-4-5-10(9-11)18-14-13(16)12(7-8-17-14)15(19)20-2/h4-9H,3,16H2,1-2H3,(H,17,18). The molecule has 0 aliphatic rings. The van der Waals surface area contributed by atoms with Crippen molar-refractivity contribution in [1.29, 1.82) is 0 Å². The van der Waals surface area contributed by atoms with E-state index >= 15 is 0 Å². The molecule has 6 nitrogen and oxygen atoms in total. The van der Waals surface area contributed by atoms with Crippen LogP contribution in [-0.4, -0.2) is 24.7 Å². The molecule has 1 heterocycles. The number of rotatable bonds is 5. The van der Waals surface area contributed by atoms with Crippen molar-refractivity contribution < 1.29 is 14.3 Å². The summed E-state index contributed by atoms with van der Waals surface area (Å²) in [4.78, 5) is 15.7. The van der Waals surface area contributed by atoms with Crippen molar-refractivity contribution in [2.24, 2.45) is 0 Å². The van der Waals surface area contributed by atoms with Crippen LogP contribution in [0.4, 0.5) is 17.2 Å². The average Bonchev–Trinajstić information content (AvgIpc) is 2.49. The summed E-state index contributed by atoms with van der Waals surface area (Å²) in [5.74, 6) is 0.637. The molecule has 110 valence electrons. The number of methoxy groups -OCH3 is 1. The third kappa shape index (κ3) is 3.42. The second kappa shape index (κ2) is 6.60. The van der Waals surface area contributed by atoms with Crippen molar-refractivity contribution in [3.05, 3.63) is 42.1 Å². The first kappa shape index (κ1) is 14.6. The van der Waals surface area contributed by atoms with Gasteiger partial charge in [0, 0.05) is 18.0 Å². The molecule has 0 bridgehead atoms. The van der Waals surface area contributed by atoms with E-state index in [0.717, 1.165) is 11.4 Å². The largest absolute Gasteiger partial charge is 0.494 e. The first-order valence-electron chi connectivity index (χ1n) is 6.48. The molecule has 0 atom stereocenters. The molecule has 1 aromatic carbocycles. The number of hydrogen-bond acceptors (Lipinski definition) is 6. The van der Waals surface area contributed by atoms with E-state index in [1.165, 1.54) is 19.4 Å². The second-order valence-electron chi connectivity index (χ2n) is 4.20. The average molecular weight is 287 g/mol. The lowest BCUT2D eigenvalue weighted by Crippen LogP contribution is -2.09. The van der Waals surface area contributed by atoms with Gasteiger partial charge < -0.3 is 20.5 Å². The number of aromatic nitrogens is 1. The fourth-order valence-electron chi connectivity index (χ4n) is 1.83. The van der Waals surface area contributed by atoms with E-state index in [0.29, 0.717) is 12.4 Å². The number of nitrogen functional groups attached to an aromatic ring is 1. The number of hydrogen-bond donors (Lipinski definition) is 2. The molecular weight excluding hydrogens is 270 g/mol.